The maximum Gasteiger partial charge on any atom is 0.0898 e. The summed E-state index contributed by atoms with van der Waals surface area (Å²) in [5, 5.41) is 15.2. The van der Waals surface area contributed by atoms with Gasteiger partial charge in [0.15, 0.2) is 0 Å². The van der Waals surface area contributed by atoms with Gasteiger partial charge in [-0.1, -0.05) is 36.2 Å². The first kappa shape index (κ1) is 14.1. The number of aliphatic hydroxyl groups is 1. The predicted molar refractivity (Wildman–Crippen MR) is 76.3 cm³/mol. The molecule has 0 amide bonds. The van der Waals surface area contributed by atoms with Crippen molar-refractivity contribution in [1.29, 1.82) is 0 Å². The molecule has 1 saturated carbocycles. The van der Waals surface area contributed by atoms with Crippen LogP contribution in [0.1, 0.15) is 38.2 Å². The molecule has 4 heteroatoms. The van der Waals surface area contributed by atoms with Crippen LogP contribution in [-0.4, -0.2) is 17.7 Å². The van der Waals surface area contributed by atoms with Crippen LogP contribution in [0.15, 0.2) is 18.2 Å². The Bertz CT molecular complexity index is 414. The summed E-state index contributed by atoms with van der Waals surface area (Å²) in [5.74, 6) is 0. The molecule has 0 heterocycles. The fourth-order valence-electron chi connectivity index (χ4n) is 2.66. The number of hydrogen-bond acceptors (Lipinski definition) is 2. The van der Waals surface area contributed by atoms with Crippen molar-refractivity contribution < 1.29 is 5.11 Å². The van der Waals surface area contributed by atoms with Gasteiger partial charge in [-0.25, -0.2) is 0 Å². The first-order valence-electron chi connectivity index (χ1n) is 6.46. The Kier molecular flexibility index (Phi) is 4.54. The largest absolute Gasteiger partial charge is 0.385 e. The Labute approximate surface area is 118 Å². The molecule has 0 saturated heterocycles. The average Bonchev–Trinajstić information content (AvgIpc) is 2.36. The molecule has 18 heavy (non-hydrogen) atoms. The van der Waals surface area contributed by atoms with Gasteiger partial charge >= 0.3 is 0 Å². The van der Waals surface area contributed by atoms with E-state index in [1.54, 1.807) is 12.1 Å². The van der Waals surface area contributed by atoms with Gasteiger partial charge in [-0.15, -0.1) is 0 Å². The van der Waals surface area contributed by atoms with E-state index in [9.17, 15) is 5.11 Å². The highest BCUT2D eigenvalue weighted by molar-refractivity contribution is 6.42. The molecule has 1 fully saturated rings. The Morgan fingerprint density at radius 3 is 2.50 bits per heavy atom. The summed E-state index contributed by atoms with van der Waals surface area (Å²) < 4.78 is 0. The lowest BCUT2D eigenvalue weighted by Gasteiger charge is -2.36. The van der Waals surface area contributed by atoms with Gasteiger partial charge in [0.25, 0.3) is 0 Å². The molecule has 0 unspecified atom stereocenters. The van der Waals surface area contributed by atoms with Crippen molar-refractivity contribution in [3.63, 3.8) is 0 Å². The molecule has 0 spiro atoms. The smallest absolute Gasteiger partial charge is 0.0898 e. The number of rotatable bonds is 3. The molecule has 2 rings (SSSR count). The van der Waals surface area contributed by atoms with Crippen LogP contribution in [0.3, 0.4) is 0 Å². The standard InChI is InChI=1S/C14H19Cl2NO/c1-2-17-11-5-7-14(18,8-6-11)10-3-4-12(15)13(16)9-10/h3-4,9,11,17-18H,2,5-8H2,1H3. The molecule has 1 aromatic carbocycles. The van der Waals surface area contributed by atoms with Gasteiger partial charge in [-0.05, 0) is 49.9 Å². The normalized spacial score (nSPS) is 28.3. The third-order valence-corrected chi connectivity index (χ3v) is 4.50. The number of hydrogen-bond donors (Lipinski definition) is 2. The van der Waals surface area contributed by atoms with E-state index < -0.39 is 5.60 Å². The Balaban J connectivity index is 2.10. The van der Waals surface area contributed by atoms with Crippen molar-refractivity contribution >= 4 is 23.2 Å². The molecule has 0 aliphatic heterocycles. The van der Waals surface area contributed by atoms with Crippen LogP contribution in [0.2, 0.25) is 10.0 Å². The van der Waals surface area contributed by atoms with Crippen molar-refractivity contribution in [3.05, 3.63) is 33.8 Å². The van der Waals surface area contributed by atoms with Crippen molar-refractivity contribution in [3.8, 4) is 0 Å². The van der Waals surface area contributed by atoms with E-state index in [0.717, 1.165) is 37.8 Å². The van der Waals surface area contributed by atoms with Gasteiger partial charge in [0, 0.05) is 6.04 Å². The maximum atomic E-state index is 10.7. The summed E-state index contributed by atoms with van der Waals surface area (Å²) in [6.45, 7) is 3.09. The third-order valence-electron chi connectivity index (χ3n) is 3.76. The van der Waals surface area contributed by atoms with E-state index in [-0.39, 0.29) is 0 Å². The second-order valence-electron chi connectivity index (χ2n) is 4.99. The fourth-order valence-corrected chi connectivity index (χ4v) is 2.96. The first-order chi connectivity index (χ1) is 8.55. The quantitative estimate of drug-likeness (QED) is 0.888. The lowest BCUT2D eigenvalue weighted by molar-refractivity contribution is -0.00814. The SMILES string of the molecule is CCNC1CCC(O)(c2ccc(Cl)c(Cl)c2)CC1. The minimum atomic E-state index is -0.750. The predicted octanol–water partition coefficient (Wildman–Crippen LogP) is 3.73. The summed E-state index contributed by atoms with van der Waals surface area (Å²) in [4.78, 5) is 0. The van der Waals surface area contributed by atoms with Gasteiger partial charge in [0.05, 0.1) is 15.6 Å². The summed E-state index contributed by atoms with van der Waals surface area (Å²) in [6.07, 6.45) is 3.51. The lowest BCUT2D eigenvalue weighted by Crippen LogP contribution is -2.39. The lowest BCUT2D eigenvalue weighted by atomic mass is 9.78. The Morgan fingerprint density at radius 1 is 1.28 bits per heavy atom. The van der Waals surface area contributed by atoms with Crippen LogP contribution in [0.5, 0.6) is 0 Å². The monoisotopic (exact) mass is 287 g/mol. The van der Waals surface area contributed by atoms with Crippen LogP contribution >= 0.6 is 23.2 Å². The molecule has 1 aromatic rings. The van der Waals surface area contributed by atoms with Crippen molar-refractivity contribution in [1.82, 2.24) is 5.32 Å². The Morgan fingerprint density at radius 2 is 1.94 bits per heavy atom. The van der Waals surface area contributed by atoms with Crippen LogP contribution < -0.4 is 5.32 Å². The number of halogens is 2. The van der Waals surface area contributed by atoms with E-state index in [0.29, 0.717) is 16.1 Å². The summed E-state index contributed by atoms with van der Waals surface area (Å²) in [5.41, 5.74) is 0.131. The van der Waals surface area contributed by atoms with Crippen LogP contribution in [0.25, 0.3) is 0 Å². The molecule has 100 valence electrons. The number of nitrogens with one attached hydrogen (secondary N) is 1. The van der Waals surface area contributed by atoms with Gasteiger partial charge in [0.1, 0.15) is 0 Å². The highest BCUT2D eigenvalue weighted by atomic mass is 35.5. The second-order valence-corrected chi connectivity index (χ2v) is 5.81. The molecule has 2 N–H and O–H groups in total. The van der Waals surface area contributed by atoms with Crippen LogP contribution in [0.4, 0.5) is 0 Å². The molecule has 0 radical (unpaired) electrons. The van der Waals surface area contributed by atoms with E-state index in [1.807, 2.05) is 6.07 Å². The molecule has 0 atom stereocenters. The first-order valence-corrected chi connectivity index (χ1v) is 7.22. The molecular weight excluding hydrogens is 269 g/mol. The zero-order chi connectivity index (χ0) is 13.2. The van der Waals surface area contributed by atoms with E-state index in [4.69, 9.17) is 23.2 Å². The van der Waals surface area contributed by atoms with E-state index in [1.165, 1.54) is 0 Å². The molecule has 1 aliphatic rings. The van der Waals surface area contributed by atoms with Gasteiger partial charge < -0.3 is 10.4 Å². The van der Waals surface area contributed by atoms with Gasteiger partial charge in [-0.3, -0.25) is 0 Å². The van der Waals surface area contributed by atoms with E-state index in [2.05, 4.69) is 12.2 Å². The minimum absolute atomic E-state index is 0.511. The number of benzene rings is 1. The van der Waals surface area contributed by atoms with Crippen molar-refractivity contribution in [2.24, 2.45) is 0 Å². The molecule has 2 nitrogen and oxygen atoms in total. The maximum absolute atomic E-state index is 10.7. The van der Waals surface area contributed by atoms with Crippen molar-refractivity contribution in [2.75, 3.05) is 6.54 Å². The second kappa shape index (κ2) is 5.79. The van der Waals surface area contributed by atoms with E-state index >= 15 is 0 Å². The summed E-state index contributed by atoms with van der Waals surface area (Å²) >= 11 is 11.9. The Hall–Kier alpha value is -0.280. The van der Waals surface area contributed by atoms with Crippen LogP contribution in [0, 0.1) is 0 Å². The highest BCUT2D eigenvalue weighted by Gasteiger charge is 2.34. The van der Waals surface area contributed by atoms with Crippen molar-refractivity contribution in [2.45, 2.75) is 44.2 Å². The molecule has 0 aromatic heterocycles. The highest BCUT2D eigenvalue weighted by Crippen LogP contribution is 2.39. The minimum Gasteiger partial charge on any atom is -0.385 e. The molecular formula is C14H19Cl2NO. The molecule has 1 aliphatic carbocycles. The average molecular weight is 288 g/mol. The third kappa shape index (κ3) is 3.00. The summed E-state index contributed by atoms with van der Waals surface area (Å²) in [7, 11) is 0. The fraction of sp³-hybridized carbons (Fsp3) is 0.571. The summed E-state index contributed by atoms with van der Waals surface area (Å²) in [6, 6.07) is 5.95. The molecule has 0 bridgehead atoms. The zero-order valence-electron chi connectivity index (χ0n) is 10.5. The topological polar surface area (TPSA) is 32.3 Å². The van der Waals surface area contributed by atoms with Gasteiger partial charge in [-0.2, -0.15) is 0 Å². The zero-order valence-corrected chi connectivity index (χ0v) is 12.1. The van der Waals surface area contributed by atoms with Crippen LogP contribution in [-0.2, 0) is 5.60 Å². The van der Waals surface area contributed by atoms with Gasteiger partial charge in [0.2, 0.25) is 0 Å².